The Hall–Kier alpha value is -1.57. The first-order chi connectivity index (χ1) is 14.0. The van der Waals surface area contributed by atoms with Crippen molar-refractivity contribution in [1.29, 1.82) is 0 Å². The molecule has 1 aromatic rings. The first-order valence-corrected chi connectivity index (χ1v) is 11.5. The number of anilines is 1. The minimum atomic E-state index is -0.129. The summed E-state index contributed by atoms with van der Waals surface area (Å²) in [6.45, 7) is 8.06. The summed E-state index contributed by atoms with van der Waals surface area (Å²) in [5.41, 5.74) is 5.14. The zero-order valence-electron chi connectivity index (χ0n) is 17.7. The van der Waals surface area contributed by atoms with Gasteiger partial charge in [-0.2, -0.15) is 0 Å². The molecule has 2 unspecified atom stereocenters. The Morgan fingerprint density at radius 2 is 2.03 bits per heavy atom. The van der Waals surface area contributed by atoms with Gasteiger partial charge in [0.2, 0.25) is 5.91 Å². The number of allylic oxidation sites excluding steroid dienone is 1. The van der Waals surface area contributed by atoms with Crippen LogP contribution in [0.1, 0.15) is 46.5 Å². The van der Waals surface area contributed by atoms with Crippen LogP contribution in [0.3, 0.4) is 0 Å². The largest absolute Gasteiger partial charge is 0.495 e. The van der Waals surface area contributed by atoms with E-state index in [1.807, 2.05) is 45.6 Å². The van der Waals surface area contributed by atoms with Crippen molar-refractivity contribution in [2.24, 2.45) is 5.92 Å². The summed E-state index contributed by atoms with van der Waals surface area (Å²) in [7, 11) is 1.61. The molecule has 0 saturated carbocycles. The number of amides is 1. The number of carbonyl (C=O) groups excluding carboxylic acids is 1. The zero-order valence-corrected chi connectivity index (χ0v) is 19.2. The summed E-state index contributed by atoms with van der Waals surface area (Å²) in [4.78, 5) is 15.3. The van der Waals surface area contributed by atoms with Crippen LogP contribution in [0.15, 0.2) is 30.1 Å². The van der Waals surface area contributed by atoms with Gasteiger partial charge in [-0.15, -0.1) is 5.53 Å². The minimum absolute atomic E-state index is 0.129. The Kier molecular flexibility index (Phi) is 7.60. The maximum atomic E-state index is 13.2. The van der Waals surface area contributed by atoms with Crippen molar-refractivity contribution in [2.75, 3.05) is 25.2 Å². The van der Waals surface area contributed by atoms with E-state index >= 15 is 0 Å². The number of methoxy groups -OCH3 is 1. The molecule has 1 fully saturated rings. The van der Waals surface area contributed by atoms with E-state index in [1.54, 1.807) is 19.1 Å². The summed E-state index contributed by atoms with van der Waals surface area (Å²) in [6.07, 6.45) is 6.38. The number of halogens is 1. The molecule has 0 bridgehead atoms. The minimum Gasteiger partial charge on any atom is -0.495 e. The highest BCUT2D eigenvalue weighted by molar-refractivity contribution is 7.98. The Balaban J connectivity index is 1.74. The fraction of sp³-hybridized carbons (Fsp3) is 0.571. The monoisotopic (exact) mass is 438 g/mol. The molecule has 29 heavy (non-hydrogen) atoms. The van der Waals surface area contributed by atoms with E-state index in [0.29, 0.717) is 10.8 Å². The van der Waals surface area contributed by atoms with Crippen molar-refractivity contribution in [3.05, 3.63) is 35.1 Å². The van der Waals surface area contributed by atoms with Crippen molar-refractivity contribution in [3.8, 4) is 5.75 Å². The molecule has 1 saturated heterocycles. The van der Waals surface area contributed by atoms with Gasteiger partial charge in [0.05, 0.1) is 24.7 Å². The second kappa shape index (κ2) is 9.96. The summed E-state index contributed by atoms with van der Waals surface area (Å²) >= 11 is 8.06. The molecule has 8 heteroatoms. The average Bonchev–Trinajstić information content (AvgIpc) is 3.11. The summed E-state index contributed by atoms with van der Waals surface area (Å²) < 4.78 is 7.26. The predicted molar refractivity (Wildman–Crippen MR) is 120 cm³/mol. The molecule has 160 valence electrons. The van der Waals surface area contributed by atoms with Crippen LogP contribution in [-0.4, -0.2) is 40.7 Å². The number of benzene rings is 1. The molecular formula is C21H31ClN4O2S. The van der Waals surface area contributed by atoms with Gasteiger partial charge in [-0.05, 0) is 56.2 Å². The van der Waals surface area contributed by atoms with Crippen LogP contribution >= 0.6 is 23.5 Å². The van der Waals surface area contributed by atoms with Crippen LogP contribution in [0.5, 0.6) is 5.75 Å². The van der Waals surface area contributed by atoms with Gasteiger partial charge in [0, 0.05) is 13.1 Å². The van der Waals surface area contributed by atoms with E-state index < -0.39 is 0 Å². The van der Waals surface area contributed by atoms with Crippen LogP contribution in [0.2, 0.25) is 5.02 Å². The fourth-order valence-electron chi connectivity index (χ4n) is 3.58. The highest BCUT2D eigenvalue weighted by atomic mass is 35.5. The highest BCUT2D eigenvalue weighted by Gasteiger charge is 2.33. The lowest BCUT2D eigenvalue weighted by molar-refractivity contribution is -0.132. The Morgan fingerprint density at radius 3 is 2.69 bits per heavy atom. The number of hydrazine groups is 2. The second-order valence-electron chi connectivity index (χ2n) is 7.62. The fourth-order valence-corrected chi connectivity index (χ4v) is 5.10. The topological polar surface area (TPSA) is 48.1 Å². The van der Waals surface area contributed by atoms with Gasteiger partial charge in [-0.1, -0.05) is 37.9 Å². The molecule has 1 amide bonds. The van der Waals surface area contributed by atoms with E-state index in [4.69, 9.17) is 16.3 Å². The molecule has 3 rings (SSSR count). The number of piperidine rings is 1. The number of ether oxygens (including phenoxy) is 1. The van der Waals surface area contributed by atoms with Crippen molar-refractivity contribution in [3.63, 3.8) is 0 Å². The standard InChI is InChI=1S/C21H31ClN4O2S/c1-5-15(2)20(21(27)24-12-7-6-8-13-24)29-25-14-16(3)26(23-25)17-10-9-11-18(28-4)19(17)22/h9-11,14-15,20,23H,5-8,12-13H2,1-4H3. The van der Waals surface area contributed by atoms with Gasteiger partial charge in [-0.3, -0.25) is 9.80 Å². The average molecular weight is 439 g/mol. The SMILES string of the molecule is CCC(C)C(SN1C=C(C)N(c2cccc(OC)c2Cl)N1)C(=O)N1CCCCC1. The van der Waals surface area contributed by atoms with Crippen LogP contribution < -0.4 is 15.3 Å². The van der Waals surface area contributed by atoms with Crippen molar-refractivity contribution >= 4 is 35.1 Å². The molecule has 6 nitrogen and oxygen atoms in total. The van der Waals surface area contributed by atoms with Gasteiger partial charge in [-0.25, -0.2) is 4.41 Å². The van der Waals surface area contributed by atoms with E-state index in [2.05, 4.69) is 19.4 Å². The normalized spacial score (nSPS) is 19.2. The van der Waals surface area contributed by atoms with Crippen molar-refractivity contribution in [2.45, 2.75) is 51.7 Å². The van der Waals surface area contributed by atoms with E-state index in [-0.39, 0.29) is 17.1 Å². The molecule has 0 radical (unpaired) electrons. The molecule has 0 aliphatic carbocycles. The third-order valence-corrected chi connectivity index (χ3v) is 7.25. The van der Waals surface area contributed by atoms with Crippen molar-refractivity contribution in [1.82, 2.24) is 14.8 Å². The predicted octanol–water partition coefficient (Wildman–Crippen LogP) is 4.83. The maximum Gasteiger partial charge on any atom is 0.237 e. The Morgan fingerprint density at radius 1 is 1.31 bits per heavy atom. The third-order valence-electron chi connectivity index (χ3n) is 5.56. The molecular weight excluding hydrogens is 408 g/mol. The number of carbonyl (C=O) groups is 1. The van der Waals surface area contributed by atoms with Gasteiger partial charge < -0.3 is 9.64 Å². The molecule has 1 aromatic carbocycles. The van der Waals surface area contributed by atoms with Crippen molar-refractivity contribution < 1.29 is 9.53 Å². The first-order valence-electron chi connectivity index (χ1n) is 10.3. The number of hydrogen-bond acceptors (Lipinski definition) is 6. The van der Waals surface area contributed by atoms with Gasteiger partial charge >= 0.3 is 0 Å². The zero-order chi connectivity index (χ0) is 21.0. The van der Waals surface area contributed by atoms with E-state index in [0.717, 1.165) is 43.7 Å². The molecule has 1 N–H and O–H groups in total. The van der Waals surface area contributed by atoms with Gasteiger partial charge in [0.1, 0.15) is 16.0 Å². The molecule has 2 aliphatic heterocycles. The van der Waals surface area contributed by atoms with Crippen LogP contribution in [-0.2, 0) is 4.79 Å². The van der Waals surface area contributed by atoms with Gasteiger partial charge in [0.25, 0.3) is 0 Å². The van der Waals surface area contributed by atoms with Crippen LogP contribution in [0, 0.1) is 5.92 Å². The Labute approximate surface area is 183 Å². The first kappa shape index (κ1) is 22.1. The number of rotatable bonds is 7. The van der Waals surface area contributed by atoms with E-state index in [1.165, 1.54) is 6.42 Å². The number of nitrogens with zero attached hydrogens (tertiary/aromatic N) is 3. The maximum absolute atomic E-state index is 13.2. The van der Waals surface area contributed by atoms with Crippen LogP contribution in [0.4, 0.5) is 5.69 Å². The van der Waals surface area contributed by atoms with Gasteiger partial charge in [0.15, 0.2) is 0 Å². The summed E-state index contributed by atoms with van der Waals surface area (Å²) in [5, 5.41) is 2.33. The lowest BCUT2D eigenvalue weighted by atomic mass is 10.0. The summed E-state index contributed by atoms with van der Waals surface area (Å²) in [5.74, 6) is 1.15. The summed E-state index contributed by atoms with van der Waals surface area (Å²) in [6, 6.07) is 5.69. The highest BCUT2D eigenvalue weighted by Crippen LogP contribution is 2.38. The quantitative estimate of drug-likeness (QED) is 0.615. The molecule has 0 aromatic heterocycles. The second-order valence-corrected chi connectivity index (χ2v) is 9.11. The van der Waals surface area contributed by atoms with Crippen LogP contribution in [0.25, 0.3) is 0 Å². The number of hydrogen-bond donors (Lipinski definition) is 1. The molecule has 2 heterocycles. The number of nitrogens with one attached hydrogen (secondary N) is 1. The smallest absolute Gasteiger partial charge is 0.237 e. The molecule has 0 spiro atoms. The third kappa shape index (κ3) is 4.95. The lowest BCUT2D eigenvalue weighted by Crippen LogP contribution is -2.46. The molecule has 2 atom stereocenters. The van der Waals surface area contributed by atoms with E-state index in [9.17, 15) is 4.79 Å². The molecule has 2 aliphatic rings. The Bertz CT molecular complexity index is 754. The lowest BCUT2D eigenvalue weighted by Gasteiger charge is -2.34. The number of likely N-dealkylation sites (tertiary alicyclic amines) is 1.